The summed E-state index contributed by atoms with van der Waals surface area (Å²) in [5.74, 6) is 1.50. The fraction of sp³-hybridized carbons (Fsp3) is 0.400. The van der Waals surface area contributed by atoms with Crippen LogP contribution in [0, 0.1) is 0 Å². The summed E-state index contributed by atoms with van der Waals surface area (Å²) in [6.07, 6.45) is 0.536. The Kier molecular flexibility index (Phi) is 5.05. The second-order valence-corrected chi connectivity index (χ2v) is 5.62. The standard InChI is InChI=1S/C15H22N6O2/c1-15(2,19-10-4-6-11(23-3)7-5-10)13(22)17-9-8-12-18-14(16)21-20-12/h4-7,19H,8-9H2,1-3H3,(H,17,22)(H3,16,18,20,21). The molecule has 0 spiro atoms. The lowest BCUT2D eigenvalue weighted by molar-refractivity contribution is -0.124. The molecular formula is C15H22N6O2. The van der Waals surface area contributed by atoms with E-state index in [4.69, 9.17) is 10.5 Å². The molecule has 0 saturated carbocycles. The summed E-state index contributed by atoms with van der Waals surface area (Å²) >= 11 is 0. The van der Waals surface area contributed by atoms with E-state index in [0.29, 0.717) is 18.8 Å². The number of hydrogen-bond acceptors (Lipinski definition) is 6. The van der Waals surface area contributed by atoms with Crippen molar-refractivity contribution in [3.05, 3.63) is 30.1 Å². The van der Waals surface area contributed by atoms with E-state index in [1.165, 1.54) is 0 Å². The first-order chi connectivity index (χ1) is 10.9. The summed E-state index contributed by atoms with van der Waals surface area (Å²) in [7, 11) is 1.61. The molecule has 0 aliphatic carbocycles. The number of methoxy groups -OCH3 is 1. The lowest BCUT2D eigenvalue weighted by Crippen LogP contribution is -2.48. The van der Waals surface area contributed by atoms with Gasteiger partial charge in [-0.1, -0.05) is 0 Å². The molecule has 0 fully saturated rings. The predicted octanol–water partition coefficient (Wildman–Crippen LogP) is 0.945. The molecule has 1 heterocycles. The second-order valence-electron chi connectivity index (χ2n) is 5.62. The maximum absolute atomic E-state index is 12.3. The van der Waals surface area contributed by atoms with Crippen LogP contribution in [0.4, 0.5) is 11.6 Å². The van der Waals surface area contributed by atoms with Crippen molar-refractivity contribution in [3.63, 3.8) is 0 Å². The van der Waals surface area contributed by atoms with Crippen LogP contribution in [0.5, 0.6) is 5.75 Å². The molecule has 124 valence electrons. The van der Waals surface area contributed by atoms with Crippen LogP contribution >= 0.6 is 0 Å². The third-order valence-electron chi connectivity index (χ3n) is 3.31. The highest BCUT2D eigenvalue weighted by atomic mass is 16.5. The van der Waals surface area contributed by atoms with Gasteiger partial charge in [-0.25, -0.2) is 0 Å². The summed E-state index contributed by atoms with van der Waals surface area (Å²) < 4.78 is 5.11. The molecule has 0 saturated heterocycles. The SMILES string of the molecule is COc1ccc(NC(C)(C)C(=O)NCCc2nc(N)n[nH]2)cc1. The summed E-state index contributed by atoms with van der Waals surface area (Å²) in [6.45, 7) is 4.08. The number of nitrogens with one attached hydrogen (secondary N) is 3. The highest BCUT2D eigenvalue weighted by Gasteiger charge is 2.26. The van der Waals surface area contributed by atoms with Gasteiger partial charge in [-0.3, -0.25) is 9.89 Å². The number of nitrogens with two attached hydrogens (primary N) is 1. The molecule has 0 radical (unpaired) electrons. The molecule has 8 nitrogen and oxygen atoms in total. The molecule has 0 bridgehead atoms. The number of nitrogen functional groups attached to an aromatic ring is 1. The number of nitrogens with zero attached hydrogens (tertiary/aromatic N) is 2. The van der Waals surface area contributed by atoms with Crippen molar-refractivity contribution in [3.8, 4) is 5.75 Å². The van der Waals surface area contributed by atoms with Gasteiger partial charge in [0.1, 0.15) is 17.1 Å². The van der Waals surface area contributed by atoms with Crippen LogP contribution < -0.4 is 21.1 Å². The van der Waals surface area contributed by atoms with Crippen molar-refractivity contribution in [1.82, 2.24) is 20.5 Å². The zero-order valence-corrected chi connectivity index (χ0v) is 13.5. The van der Waals surface area contributed by atoms with Crippen LogP contribution in [-0.4, -0.2) is 40.3 Å². The number of ether oxygens (including phenoxy) is 1. The van der Waals surface area contributed by atoms with E-state index in [0.717, 1.165) is 11.4 Å². The average Bonchev–Trinajstić information content (AvgIpc) is 2.93. The van der Waals surface area contributed by atoms with Crippen LogP contribution in [0.25, 0.3) is 0 Å². The maximum atomic E-state index is 12.3. The van der Waals surface area contributed by atoms with E-state index in [1.807, 2.05) is 38.1 Å². The van der Waals surface area contributed by atoms with Gasteiger partial charge < -0.3 is 21.1 Å². The molecule has 1 aromatic heterocycles. The summed E-state index contributed by atoms with van der Waals surface area (Å²) in [4.78, 5) is 16.3. The molecule has 2 aromatic rings. The molecule has 1 aromatic carbocycles. The third-order valence-corrected chi connectivity index (χ3v) is 3.31. The van der Waals surface area contributed by atoms with Crippen molar-refractivity contribution in [2.75, 3.05) is 24.7 Å². The number of rotatable bonds is 7. The van der Waals surface area contributed by atoms with Crippen LogP contribution in [0.1, 0.15) is 19.7 Å². The Morgan fingerprint density at radius 1 is 1.35 bits per heavy atom. The summed E-state index contributed by atoms with van der Waals surface area (Å²) in [5.41, 5.74) is 5.51. The fourth-order valence-corrected chi connectivity index (χ4v) is 2.03. The van der Waals surface area contributed by atoms with Gasteiger partial charge in [-0.2, -0.15) is 4.98 Å². The normalized spacial score (nSPS) is 11.1. The number of anilines is 2. The average molecular weight is 318 g/mol. The van der Waals surface area contributed by atoms with E-state index in [-0.39, 0.29) is 11.9 Å². The van der Waals surface area contributed by atoms with E-state index in [1.54, 1.807) is 7.11 Å². The molecule has 5 N–H and O–H groups in total. The zero-order valence-electron chi connectivity index (χ0n) is 13.5. The number of amides is 1. The van der Waals surface area contributed by atoms with Gasteiger partial charge in [-0.15, -0.1) is 5.10 Å². The van der Waals surface area contributed by atoms with Gasteiger partial charge in [0.2, 0.25) is 11.9 Å². The Hall–Kier alpha value is -2.77. The Labute approximate surface area is 134 Å². The van der Waals surface area contributed by atoms with Gasteiger partial charge in [0.15, 0.2) is 0 Å². The van der Waals surface area contributed by atoms with Crippen LogP contribution in [-0.2, 0) is 11.2 Å². The lowest BCUT2D eigenvalue weighted by Gasteiger charge is -2.26. The topological polar surface area (TPSA) is 118 Å². The Morgan fingerprint density at radius 3 is 2.61 bits per heavy atom. The van der Waals surface area contributed by atoms with Crippen molar-refractivity contribution < 1.29 is 9.53 Å². The van der Waals surface area contributed by atoms with E-state index >= 15 is 0 Å². The number of benzene rings is 1. The number of carbonyl (C=O) groups is 1. The van der Waals surface area contributed by atoms with Gasteiger partial charge in [-0.05, 0) is 38.1 Å². The first-order valence-corrected chi connectivity index (χ1v) is 7.28. The third kappa shape index (κ3) is 4.60. The monoisotopic (exact) mass is 318 g/mol. The summed E-state index contributed by atoms with van der Waals surface area (Å²) in [6, 6.07) is 7.41. The number of aromatic nitrogens is 3. The Morgan fingerprint density at radius 2 is 2.04 bits per heavy atom. The molecule has 0 aliphatic heterocycles. The van der Waals surface area contributed by atoms with Crippen molar-refractivity contribution in [2.45, 2.75) is 25.8 Å². The predicted molar refractivity (Wildman–Crippen MR) is 88.2 cm³/mol. The lowest BCUT2D eigenvalue weighted by atomic mass is 10.0. The molecule has 0 unspecified atom stereocenters. The van der Waals surface area contributed by atoms with E-state index in [2.05, 4.69) is 25.8 Å². The molecule has 0 atom stereocenters. The quantitative estimate of drug-likeness (QED) is 0.603. The number of carbonyl (C=O) groups excluding carboxylic acids is 1. The first kappa shape index (κ1) is 16.6. The zero-order chi connectivity index (χ0) is 16.9. The molecule has 8 heteroatoms. The number of H-pyrrole nitrogens is 1. The molecule has 2 rings (SSSR count). The van der Waals surface area contributed by atoms with Crippen molar-refractivity contribution in [2.24, 2.45) is 0 Å². The highest BCUT2D eigenvalue weighted by molar-refractivity contribution is 5.88. The molecule has 1 amide bonds. The largest absolute Gasteiger partial charge is 0.497 e. The summed E-state index contributed by atoms with van der Waals surface area (Å²) in [5, 5.41) is 12.5. The number of aromatic amines is 1. The van der Waals surface area contributed by atoms with Crippen LogP contribution in [0.15, 0.2) is 24.3 Å². The number of hydrogen-bond donors (Lipinski definition) is 4. The highest BCUT2D eigenvalue weighted by Crippen LogP contribution is 2.19. The van der Waals surface area contributed by atoms with Crippen LogP contribution in [0.2, 0.25) is 0 Å². The van der Waals surface area contributed by atoms with Gasteiger partial charge in [0, 0.05) is 18.7 Å². The van der Waals surface area contributed by atoms with E-state index in [9.17, 15) is 4.79 Å². The smallest absolute Gasteiger partial charge is 0.245 e. The van der Waals surface area contributed by atoms with Gasteiger partial charge in [0.05, 0.1) is 7.11 Å². The van der Waals surface area contributed by atoms with Gasteiger partial charge >= 0.3 is 0 Å². The minimum absolute atomic E-state index is 0.110. The van der Waals surface area contributed by atoms with Crippen molar-refractivity contribution >= 4 is 17.5 Å². The fourth-order valence-electron chi connectivity index (χ4n) is 2.03. The van der Waals surface area contributed by atoms with Crippen molar-refractivity contribution in [1.29, 1.82) is 0 Å². The second kappa shape index (κ2) is 6.99. The Bertz CT molecular complexity index is 650. The van der Waals surface area contributed by atoms with Gasteiger partial charge in [0.25, 0.3) is 0 Å². The minimum Gasteiger partial charge on any atom is -0.497 e. The van der Waals surface area contributed by atoms with Crippen LogP contribution in [0.3, 0.4) is 0 Å². The maximum Gasteiger partial charge on any atom is 0.245 e. The Balaban J connectivity index is 1.85. The van der Waals surface area contributed by atoms with E-state index < -0.39 is 5.54 Å². The molecule has 0 aliphatic rings. The molecule has 23 heavy (non-hydrogen) atoms. The minimum atomic E-state index is -0.755. The molecular weight excluding hydrogens is 296 g/mol. The first-order valence-electron chi connectivity index (χ1n) is 7.28.